The zero-order chi connectivity index (χ0) is 15.1. The normalized spacial score (nSPS) is 13.2. The molecule has 3 rings (SSSR count). The van der Waals surface area contributed by atoms with Crippen molar-refractivity contribution in [2.45, 2.75) is 32.9 Å². The van der Waals surface area contributed by atoms with Crippen molar-refractivity contribution in [1.29, 1.82) is 0 Å². The van der Waals surface area contributed by atoms with Gasteiger partial charge >= 0.3 is 0 Å². The van der Waals surface area contributed by atoms with Crippen molar-refractivity contribution in [3.8, 4) is 11.5 Å². The third kappa shape index (κ3) is 2.57. The molecule has 6 heteroatoms. The van der Waals surface area contributed by atoms with E-state index in [1.54, 1.807) is 11.3 Å². The zero-order valence-electron chi connectivity index (χ0n) is 12.2. The molecule has 0 spiro atoms. The summed E-state index contributed by atoms with van der Waals surface area (Å²) in [5.41, 5.74) is 8.73. The number of benzene rings is 1. The number of nitrogens with two attached hydrogens (primary N) is 1. The summed E-state index contributed by atoms with van der Waals surface area (Å²) >= 11 is 7.64. The van der Waals surface area contributed by atoms with Gasteiger partial charge in [0.1, 0.15) is 10.7 Å². The van der Waals surface area contributed by atoms with Gasteiger partial charge in [-0.05, 0) is 39.0 Å². The number of fused-ring (bicyclic) bond motifs is 1. The standard InChI is InChI=1S/C15H17ClN4S/c1-8(2)20-13-5-4-10(16)6-11(13)18-14(20)12-7-21-15(19-12)9(3)17/h4-9H,17H2,1-3H3. The van der Waals surface area contributed by atoms with E-state index in [0.29, 0.717) is 5.02 Å². The van der Waals surface area contributed by atoms with Crippen LogP contribution in [0.1, 0.15) is 37.9 Å². The Morgan fingerprint density at radius 1 is 1.24 bits per heavy atom. The average Bonchev–Trinajstić information content (AvgIpc) is 3.01. The van der Waals surface area contributed by atoms with Crippen molar-refractivity contribution in [2.75, 3.05) is 0 Å². The lowest BCUT2D eigenvalue weighted by Crippen LogP contribution is -2.05. The smallest absolute Gasteiger partial charge is 0.160 e. The molecule has 2 aromatic heterocycles. The molecular weight excluding hydrogens is 304 g/mol. The molecule has 0 fully saturated rings. The van der Waals surface area contributed by atoms with Crippen molar-refractivity contribution in [3.63, 3.8) is 0 Å². The van der Waals surface area contributed by atoms with E-state index in [-0.39, 0.29) is 12.1 Å². The largest absolute Gasteiger partial charge is 0.322 e. The molecule has 3 aromatic rings. The molecule has 2 heterocycles. The minimum atomic E-state index is -0.0601. The Morgan fingerprint density at radius 3 is 2.62 bits per heavy atom. The third-order valence-corrected chi connectivity index (χ3v) is 4.59. The molecule has 0 saturated heterocycles. The van der Waals surface area contributed by atoms with E-state index < -0.39 is 0 Å². The van der Waals surface area contributed by atoms with E-state index in [9.17, 15) is 0 Å². The van der Waals surface area contributed by atoms with Gasteiger partial charge in [0.05, 0.1) is 17.1 Å². The molecule has 21 heavy (non-hydrogen) atoms. The van der Waals surface area contributed by atoms with Crippen molar-refractivity contribution >= 4 is 34.0 Å². The van der Waals surface area contributed by atoms with Crippen molar-refractivity contribution < 1.29 is 0 Å². The van der Waals surface area contributed by atoms with Crippen LogP contribution in [0, 0.1) is 0 Å². The molecule has 0 radical (unpaired) electrons. The highest BCUT2D eigenvalue weighted by atomic mass is 35.5. The highest BCUT2D eigenvalue weighted by Crippen LogP contribution is 2.31. The number of hydrogen-bond acceptors (Lipinski definition) is 4. The lowest BCUT2D eigenvalue weighted by molar-refractivity contribution is 0.623. The number of thiazole rings is 1. The second-order valence-electron chi connectivity index (χ2n) is 5.39. The maximum absolute atomic E-state index is 6.07. The first-order valence-corrected chi connectivity index (χ1v) is 8.12. The van der Waals surface area contributed by atoms with Gasteiger partial charge in [-0.15, -0.1) is 11.3 Å². The van der Waals surface area contributed by atoms with Crippen LogP contribution in [0.3, 0.4) is 0 Å². The number of imidazole rings is 1. The Bertz CT molecular complexity index is 788. The summed E-state index contributed by atoms with van der Waals surface area (Å²) in [7, 11) is 0. The predicted octanol–water partition coefficient (Wildman–Crippen LogP) is 4.41. The van der Waals surface area contributed by atoms with Gasteiger partial charge in [-0.3, -0.25) is 0 Å². The van der Waals surface area contributed by atoms with Crippen LogP contribution in [-0.4, -0.2) is 14.5 Å². The number of aromatic nitrogens is 3. The summed E-state index contributed by atoms with van der Waals surface area (Å²) in [6.07, 6.45) is 0. The highest BCUT2D eigenvalue weighted by molar-refractivity contribution is 7.10. The monoisotopic (exact) mass is 320 g/mol. The number of halogens is 1. The van der Waals surface area contributed by atoms with Gasteiger partial charge in [-0.25, -0.2) is 9.97 Å². The average molecular weight is 321 g/mol. The van der Waals surface area contributed by atoms with Gasteiger partial charge in [0.2, 0.25) is 0 Å². The van der Waals surface area contributed by atoms with Crippen molar-refractivity contribution in [3.05, 3.63) is 33.6 Å². The Hall–Kier alpha value is -1.43. The second kappa shape index (κ2) is 5.40. The molecule has 110 valence electrons. The van der Waals surface area contributed by atoms with Crippen LogP contribution < -0.4 is 5.73 Å². The molecule has 2 N–H and O–H groups in total. The Kier molecular flexibility index (Phi) is 3.73. The van der Waals surface area contributed by atoms with Gasteiger partial charge in [0.15, 0.2) is 5.82 Å². The van der Waals surface area contributed by atoms with Crippen LogP contribution in [0.5, 0.6) is 0 Å². The second-order valence-corrected chi connectivity index (χ2v) is 6.72. The number of rotatable bonds is 3. The highest BCUT2D eigenvalue weighted by Gasteiger charge is 2.18. The Morgan fingerprint density at radius 2 is 2.00 bits per heavy atom. The topological polar surface area (TPSA) is 56.7 Å². The fourth-order valence-corrected chi connectivity index (χ4v) is 3.30. The van der Waals surface area contributed by atoms with Crippen LogP contribution in [0.15, 0.2) is 23.6 Å². The summed E-state index contributed by atoms with van der Waals surface area (Å²) in [6.45, 7) is 6.21. The third-order valence-electron chi connectivity index (χ3n) is 3.31. The summed E-state index contributed by atoms with van der Waals surface area (Å²) in [6, 6.07) is 6.01. The first kappa shape index (κ1) is 14.5. The zero-order valence-corrected chi connectivity index (χ0v) is 13.7. The fourth-order valence-electron chi connectivity index (χ4n) is 2.37. The lowest BCUT2D eigenvalue weighted by Gasteiger charge is -2.11. The van der Waals surface area contributed by atoms with Crippen molar-refractivity contribution in [2.24, 2.45) is 5.73 Å². The number of hydrogen-bond donors (Lipinski definition) is 1. The van der Waals surface area contributed by atoms with E-state index in [4.69, 9.17) is 22.3 Å². The molecule has 0 saturated carbocycles. The predicted molar refractivity (Wildman–Crippen MR) is 88.8 cm³/mol. The summed E-state index contributed by atoms with van der Waals surface area (Å²) in [4.78, 5) is 9.34. The molecule has 4 nitrogen and oxygen atoms in total. The molecule has 0 aliphatic heterocycles. The SMILES string of the molecule is CC(N)c1nc(-c2nc3cc(Cl)ccc3n2C(C)C)cs1. The summed E-state index contributed by atoms with van der Waals surface area (Å²) < 4.78 is 2.19. The van der Waals surface area contributed by atoms with Crippen molar-refractivity contribution in [1.82, 2.24) is 14.5 Å². The van der Waals surface area contributed by atoms with Crippen LogP contribution in [0.25, 0.3) is 22.6 Å². The maximum atomic E-state index is 6.07. The summed E-state index contributed by atoms with van der Waals surface area (Å²) in [5, 5.41) is 3.63. The van der Waals surface area contributed by atoms with Gasteiger partial charge < -0.3 is 10.3 Å². The Labute approximate surface area is 132 Å². The summed E-state index contributed by atoms with van der Waals surface area (Å²) in [5.74, 6) is 0.866. The van der Waals surface area contributed by atoms with Gasteiger partial charge in [0.25, 0.3) is 0 Å². The number of nitrogens with zero attached hydrogens (tertiary/aromatic N) is 3. The van der Waals surface area contributed by atoms with E-state index in [1.165, 1.54) is 0 Å². The quantitative estimate of drug-likeness (QED) is 0.777. The molecule has 1 aromatic carbocycles. The van der Waals surface area contributed by atoms with E-state index >= 15 is 0 Å². The first-order valence-electron chi connectivity index (χ1n) is 6.86. The molecule has 1 unspecified atom stereocenters. The van der Waals surface area contributed by atoms with Crippen LogP contribution >= 0.6 is 22.9 Å². The van der Waals surface area contributed by atoms with E-state index in [1.807, 2.05) is 30.5 Å². The Balaban J connectivity index is 2.22. The van der Waals surface area contributed by atoms with Crippen LogP contribution in [0.4, 0.5) is 0 Å². The van der Waals surface area contributed by atoms with Gasteiger partial charge in [-0.2, -0.15) is 0 Å². The minimum absolute atomic E-state index is 0.0601. The maximum Gasteiger partial charge on any atom is 0.160 e. The van der Waals surface area contributed by atoms with E-state index in [0.717, 1.165) is 27.6 Å². The van der Waals surface area contributed by atoms with Gasteiger partial charge in [0, 0.05) is 16.4 Å². The molecule has 0 amide bonds. The molecule has 0 aliphatic rings. The van der Waals surface area contributed by atoms with Crippen LogP contribution in [-0.2, 0) is 0 Å². The molecular formula is C15H17ClN4S. The minimum Gasteiger partial charge on any atom is -0.322 e. The molecule has 0 bridgehead atoms. The fraction of sp³-hybridized carbons (Fsp3) is 0.333. The molecule has 0 aliphatic carbocycles. The first-order chi connectivity index (χ1) is 9.97. The van der Waals surface area contributed by atoms with Crippen LogP contribution in [0.2, 0.25) is 5.02 Å². The lowest BCUT2D eigenvalue weighted by atomic mass is 10.3. The van der Waals surface area contributed by atoms with Gasteiger partial charge in [-0.1, -0.05) is 11.6 Å². The molecule has 1 atom stereocenters. The van der Waals surface area contributed by atoms with E-state index in [2.05, 4.69) is 23.4 Å².